The number of carboxylic acids is 1. The van der Waals surface area contributed by atoms with Crippen LogP contribution in [0.5, 0.6) is 0 Å². The van der Waals surface area contributed by atoms with Gasteiger partial charge in [-0.2, -0.15) is 0 Å². The van der Waals surface area contributed by atoms with Gasteiger partial charge in [-0.05, 0) is 44.2 Å². The van der Waals surface area contributed by atoms with Crippen molar-refractivity contribution in [2.45, 2.75) is 44.7 Å². The Bertz CT molecular complexity index is 357. The van der Waals surface area contributed by atoms with Crippen molar-refractivity contribution in [2.75, 3.05) is 0 Å². The lowest BCUT2D eigenvalue weighted by Crippen LogP contribution is -2.43. The molecule has 1 aliphatic rings. The fourth-order valence-electron chi connectivity index (χ4n) is 2.04. The molecule has 0 amide bonds. The van der Waals surface area contributed by atoms with E-state index in [1.54, 1.807) is 6.26 Å². The molecule has 2 unspecified atom stereocenters. The lowest BCUT2D eigenvalue weighted by molar-refractivity contribution is -0.140. The molecule has 94 valence electrons. The zero-order chi connectivity index (χ0) is 12.3. The zero-order valence-corrected chi connectivity index (χ0v) is 10.1. The van der Waals surface area contributed by atoms with Crippen molar-refractivity contribution in [2.24, 2.45) is 5.92 Å². The van der Waals surface area contributed by atoms with E-state index in [1.165, 1.54) is 0 Å². The zero-order valence-electron chi connectivity index (χ0n) is 10.1. The quantitative estimate of drug-likeness (QED) is 0.762. The Labute approximate surface area is 101 Å². The lowest BCUT2D eigenvalue weighted by atomic mass is 10.1. The fraction of sp³-hybridized carbons (Fsp3) is 0.615. The second kappa shape index (κ2) is 5.36. The van der Waals surface area contributed by atoms with Gasteiger partial charge in [0, 0.05) is 12.5 Å². The molecule has 0 aromatic carbocycles. The second-order valence-electron chi connectivity index (χ2n) is 4.84. The summed E-state index contributed by atoms with van der Waals surface area (Å²) in [6.07, 6.45) is 5.48. The third-order valence-electron chi connectivity index (χ3n) is 3.23. The van der Waals surface area contributed by atoms with Crippen LogP contribution in [-0.2, 0) is 11.2 Å². The summed E-state index contributed by atoms with van der Waals surface area (Å²) in [5.41, 5.74) is 0. The van der Waals surface area contributed by atoms with Crippen LogP contribution in [0, 0.1) is 5.92 Å². The molecule has 2 atom stereocenters. The van der Waals surface area contributed by atoms with Crippen molar-refractivity contribution < 1.29 is 14.3 Å². The Kier molecular flexibility index (Phi) is 3.84. The number of furan rings is 1. The van der Waals surface area contributed by atoms with Crippen LogP contribution in [0.15, 0.2) is 22.8 Å². The summed E-state index contributed by atoms with van der Waals surface area (Å²) in [5, 5.41) is 12.3. The monoisotopic (exact) mass is 237 g/mol. The smallest absolute Gasteiger partial charge is 0.320 e. The highest BCUT2D eigenvalue weighted by molar-refractivity contribution is 5.74. The first-order valence-corrected chi connectivity index (χ1v) is 6.18. The van der Waals surface area contributed by atoms with Gasteiger partial charge in [-0.15, -0.1) is 0 Å². The van der Waals surface area contributed by atoms with Gasteiger partial charge in [-0.1, -0.05) is 0 Å². The Hall–Kier alpha value is -1.29. The molecule has 17 heavy (non-hydrogen) atoms. The first-order valence-electron chi connectivity index (χ1n) is 6.18. The van der Waals surface area contributed by atoms with Crippen LogP contribution >= 0.6 is 0 Å². The molecule has 0 spiro atoms. The van der Waals surface area contributed by atoms with E-state index in [9.17, 15) is 4.79 Å². The number of aliphatic carboxylic acids is 1. The molecular weight excluding hydrogens is 218 g/mol. The maximum absolute atomic E-state index is 11.1. The van der Waals surface area contributed by atoms with E-state index in [0.717, 1.165) is 31.4 Å². The molecule has 1 heterocycles. The number of carboxylic acid groups (broad SMARTS) is 1. The van der Waals surface area contributed by atoms with Crippen LogP contribution in [0.1, 0.15) is 31.9 Å². The summed E-state index contributed by atoms with van der Waals surface area (Å²) in [5.74, 6) is 0.563. The summed E-state index contributed by atoms with van der Waals surface area (Å²) in [6.45, 7) is 2.03. The Balaban J connectivity index is 1.75. The average Bonchev–Trinajstić information content (AvgIpc) is 2.99. The SMILES string of the molecule is CC(CCc1ccco1)NC(C(=O)O)C1CC1. The minimum atomic E-state index is -0.725. The number of hydrogen-bond donors (Lipinski definition) is 2. The maximum atomic E-state index is 11.1. The van der Waals surface area contributed by atoms with E-state index < -0.39 is 5.97 Å². The van der Waals surface area contributed by atoms with Crippen LogP contribution in [0.3, 0.4) is 0 Å². The summed E-state index contributed by atoms with van der Waals surface area (Å²) in [4.78, 5) is 11.1. The molecule has 1 aromatic rings. The summed E-state index contributed by atoms with van der Waals surface area (Å²) >= 11 is 0. The highest BCUT2D eigenvalue weighted by Crippen LogP contribution is 2.33. The molecule has 1 saturated carbocycles. The van der Waals surface area contributed by atoms with E-state index in [-0.39, 0.29) is 12.1 Å². The summed E-state index contributed by atoms with van der Waals surface area (Å²) < 4.78 is 5.25. The fourth-order valence-corrected chi connectivity index (χ4v) is 2.04. The number of carbonyl (C=O) groups is 1. The summed E-state index contributed by atoms with van der Waals surface area (Å²) in [6, 6.07) is 3.64. The minimum Gasteiger partial charge on any atom is -0.480 e. The van der Waals surface area contributed by atoms with Crippen molar-refractivity contribution >= 4 is 5.97 Å². The number of hydrogen-bond acceptors (Lipinski definition) is 3. The summed E-state index contributed by atoms with van der Waals surface area (Å²) in [7, 11) is 0. The molecule has 4 heteroatoms. The van der Waals surface area contributed by atoms with E-state index in [1.807, 2.05) is 19.1 Å². The van der Waals surface area contributed by atoms with Crippen LogP contribution < -0.4 is 5.32 Å². The molecule has 0 radical (unpaired) electrons. The second-order valence-corrected chi connectivity index (χ2v) is 4.84. The van der Waals surface area contributed by atoms with Gasteiger partial charge in [-0.3, -0.25) is 4.79 Å². The molecule has 2 N–H and O–H groups in total. The van der Waals surface area contributed by atoms with Gasteiger partial charge in [0.25, 0.3) is 0 Å². The molecule has 1 fully saturated rings. The van der Waals surface area contributed by atoms with Crippen LogP contribution in [0.2, 0.25) is 0 Å². The Morgan fingerprint density at radius 1 is 1.65 bits per heavy atom. The van der Waals surface area contributed by atoms with Gasteiger partial charge in [0.05, 0.1) is 6.26 Å². The Morgan fingerprint density at radius 2 is 2.41 bits per heavy atom. The topological polar surface area (TPSA) is 62.5 Å². The molecule has 2 rings (SSSR count). The predicted molar refractivity (Wildman–Crippen MR) is 63.8 cm³/mol. The largest absolute Gasteiger partial charge is 0.480 e. The minimum absolute atomic E-state index is 0.196. The first-order chi connectivity index (χ1) is 8.16. The van der Waals surface area contributed by atoms with Gasteiger partial charge in [0.15, 0.2) is 0 Å². The molecule has 4 nitrogen and oxygen atoms in total. The van der Waals surface area contributed by atoms with E-state index >= 15 is 0 Å². The van der Waals surface area contributed by atoms with Crippen molar-refractivity contribution in [3.63, 3.8) is 0 Å². The van der Waals surface area contributed by atoms with Gasteiger partial charge in [0.1, 0.15) is 11.8 Å². The molecule has 1 aliphatic carbocycles. The molecule has 0 bridgehead atoms. The normalized spacial score (nSPS) is 18.9. The maximum Gasteiger partial charge on any atom is 0.320 e. The highest BCUT2D eigenvalue weighted by Gasteiger charge is 2.36. The van der Waals surface area contributed by atoms with Crippen molar-refractivity contribution in [1.82, 2.24) is 5.32 Å². The molecular formula is C13H19NO3. The van der Waals surface area contributed by atoms with Crippen molar-refractivity contribution in [3.05, 3.63) is 24.2 Å². The van der Waals surface area contributed by atoms with Gasteiger partial charge >= 0.3 is 5.97 Å². The third-order valence-corrected chi connectivity index (χ3v) is 3.23. The highest BCUT2D eigenvalue weighted by atomic mass is 16.4. The number of nitrogens with one attached hydrogen (secondary N) is 1. The van der Waals surface area contributed by atoms with Gasteiger partial charge in [0.2, 0.25) is 0 Å². The van der Waals surface area contributed by atoms with Crippen LogP contribution in [0.4, 0.5) is 0 Å². The van der Waals surface area contributed by atoms with Crippen molar-refractivity contribution in [3.8, 4) is 0 Å². The number of aryl methyl sites for hydroxylation is 1. The third kappa shape index (κ3) is 3.60. The molecule has 0 aliphatic heterocycles. The number of rotatable bonds is 7. The van der Waals surface area contributed by atoms with Gasteiger partial charge < -0.3 is 14.8 Å². The molecule has 0 saturated heterocycles. The van der Waals surface area contributed by atoms with E-state index in [4.69, 9.17) is 9.52 Å². The van der Waals surface area contributed by atoms with E-state index in [2.05, 4.69) is 5.32 Å². The average molecular weight is 237 g/mol. The lowest BCUT2D eigenvalue weighted by Gasteiger charge is -2.19. The van der Waals surface area contributed by atoms with Crippen LogP contribution in [0.25, 0.3) is 0 Å². The Morgan fingerprint density at radius 3 is 2.94 bits per heavy atom. The predicted octanol–water partition coefficient (Wildman–Crippen LogP) is 2.05. The molecule has 1 aromatic heterocycles. The standard InChI is InChI=1S/C13H19NO3/c1-9(4-7-11-3-2-8-17-11)14-12(13(15)16)10-5-6-10/h2-3,8-10,12,14H,4-7H2,1H3,(H,15,16). The van der Waals surface area contributed by atoms with Gasteiger partial charge in [-0.25, -0.2) is 0 Å². The first kappa shape index (κ1) is 12.2. The van der Waals surface area contributed by atoms with E-state index in [0.29, 0.717) is 5.92 Å². The van der Waals surface area contributed by atoms with Crippen molar-refractivity contribution in [1.29, 1.82) is 0 Å². The van der Waals surface area contributed by atoms with Crippen LogP contribution in [-0.4, -0.2) is 23.2 Å².